The molecule has 1 aliphatic carbocycles. The molecule has 0 unspecified atom stereocenters. The molecule has 1 aromatic rings. The number of hydrogen-bond acceptors (Lipinski definition) is 4. The van der Waals surface area contributed by atoms with Crippen molar-refractivity contribution in [3.63, 3.8) is 0 Å². The van der Waals surface area contributed by atoms with Crippen LogP contribution in [0.5, 0.6) is 0 Å². The Morgan fingerprint density at radius 2 is 1.96 bits per heavy atom. The largest absolute Gasteiger partial charge is 0.340 e. The summed E-state index contributed by atoms with van der Waals surface area (Å²) in [5, 5.41) is 2.99. The topological polar surface area (TPSA) is 78.5 Å². The van der Waals surface area contributed by atoms with Crippen molar-refractivity contribution in [3.05, 3.63) is 29.3 Å². The van der Waals surface area contributed by atoms with E-state index in [9.17, 15) is 13.2 Å². The monoisotopic (exact) mass is 353 g/mol. The number of rotatable bonds is 7. The Kier molecular flexibility index (Phi) is 6.37. The number of sulfonamides is 1. The average Bonchev–Trinajstić information content (AvgIpc) is 3.04. The van der Waals surface area contributed by atoms with E-state index in [4.69, 9.17) is 0 Å². The summed E-state index contributed by atoms with van der Waals surface area (Å²) < 4.78 is 28.1. The van der Waals surface area contributed by atoms with Crippen LogP contribution in [0.1, 0.15) is 41.6 Å². The number of carbonyl (C=O) groups is 1. The van der Waals surface area contributed by atoms with E-state index in [1.54, 1.807) is 31.0 Å². The predicted octanol–water partition coefficient (Wildman–Crippen LogP) is 1.51. The van der Waals surface area contributed by atoms with Gasteiger partial charge in [0.05, 0.1) is 4.90 Å². The molecule has 0 radical (unpaired) electrons. The molecular formula is C17H27N3O3S. The second-order valence-corrected chi connectivity index (χ2v) is 8.10. The third kappa shape index (κ3) is 4.55. The Labute approximate surface area is 144 Å². The smallest absolute Gasteiger partial charge is 0.253 e. The first kappa shape index (κ1) is 18.9. The third-order valence-corrected chi connectivity index (χ3v) is 6.11. The zero-order valence-corrected chi connectivity index (χ0v) is 15.4. The molecule has 1 fully saturated rings. The van der Waals surface area contributed by atoms with E-state index >= 15 is 0 Å². The minimum absolute atomic E-state index is 0.00654. The first-order chi connectivity index (χ1) is 11.3. The van der Waals surface area contributed by atoms with Crippen molar-refractivity contribution in [2.24, 2.45) is 0 Å². The van der Waals surface area contributed by atoms with Crippen LogP contribution in [-0.4, -0.2) is 52.5 Å². The average molecular weight is 353 g/mol. The summed E-state index contributed by atoms with van der Waals surface area (Å²) in [4.78, 5) is 14.3. The Hall–Kier alpha value is -1.44. The second-order valence-electron chi connectivity index (χ2n) is 6.41. The molecule has 0 spiro atoms. The number of nitrogens with one attached hydrogen (secondary N) is 2. The van der Waals surface area contributed by atoms with Gasteiger partial charge in [0.1, 0.15) is 0 Å². The number of likely N-dealkylation sites (N-methyl/N-ethyl adjacent to an activating group) is 2. The van der Waals surface area contributed by atoms with Crippen LogP contribution in [-0.2, 0) is 10.0 Å². The Morgan fingerprint density at radius 1 is 1.29 bits per heavy atom. The highest BCUT2D eigenvalue weighted by Gasteiger charge is 2.25. The maximum atomic E-state index is 12.7. The molecule has 7 heteroatoms. The highest BCUT2D eigenvalue weighted by atomic mass is 32.2. The van der Waals surface area contributed by atoms with Crippen molar-refractivity contribution in [2.75, 3.05) is 27.2 Å². The highest BCUT2D eigenvalue weighted by molar-refractivity contribution is 7.89. The maximum Gasteiger partial charge on any atom is 0.253 e. The molecule has 134 valence electrons. The zero-order chi connectivity index (χ0) is 17.7. The lowest BCUT2D eigenvalue weighted by atomic mass is 10.1. The standard InChI is InChI=1S/C17H27N3O3S/c1-13-8-9-14(17(21)20(3)11-10-18-2)12-16(13)24(22,23)19-15-6-4-5-7-15/h8-9,12,15,18-19H,4-7,10-11H2,1-3H3. The van der Waals surface area contributed by atoms with Crippen LogP contribution in [0.25, 0.3) is 0 Å². The zero-order valence-electron chi connectivity index (χ0n) is 14.6. The number of amides is 1. The maximum absolute atomic E-state index is 12.7. The lowest BCUT2D eigenvalue weighted by Crippen LogP contribution is -2.34. The van der Waals surface area contributed by atoms with Gasteiger partial charge in [-0.3, -0.25) is 4.79 Å². The van der Waals surface area contributed by atoms with Gasteiger partial charge in [0, 0.05) is 31.7 Å². The van der Waals surface area contributed by atoms with Gasteiger partial charge in [-0.1, -0.05) is 18.9 Å². The Balaban J connectivity index is 2.22. The molecule has 0 atom stereocenters. The highest BCUT2D eigenvalue weighted by Crippen LogP contribution is 2.23. The van der Waals surface area contributed by atoms with Crippen LogP contribution in [0.15, 0.2) is 23.1 Å². The van der Waals surface area contributed by atoms with Gasteiger partial charge >= 0.3 is 0 Å². The normalized spacial score (nSPS) is 15.6. The molecule has 0 aliphatic heterocycles. The van der Waals surface area contributed by atoms with E-state index in [-0.39, 0.29) is 16.8 Å². The van der Waals surface area contributed by atoms with Crippen molar-refractivity contribution < 1.29 is 13.2 Å². The van der Waals surface area contributed by atoms with E-state index in [1.165, 1.54) is 6.07 Å². The number of benzene rings is 1. The minimum atomic E-state index is -3.61. The summed E-state index contributed by atoms with van der Waals surface area (Å²) in [6.45, 7) is 3.00. The van der Waals surface area contributed by atoms with Crippen LogP contribution < -0.4 is 10.0 Å². The van der Waals surface area contributed by atoms with E-state index in [0.717, 1.165) is 25.7 Å². The van der Waals surface area contributed by atoms with Crippen LogP contribution in [0, 0.1) is 6.92 Å². The summed E-state index contributed by atoms with van der Waals surface area (Å²) in [7, 11) is -0.0704. The van der Waals surface area contributed by atoms with E-state index in [0.29, 0.717) is 24.2 Å². The van der Waals surface area contributed by atoms with Crippen molar-refractivity contribution in [2.45, 2.75) is 43.5 Å². The predicted molar refractivity (Wildman–Crippen MR) is 94.6 cm³/mol. The molecule has 0 aromatic heterocycles. The van der Waals surface area contributed by atoms with Crippen molar-refractivity contribution >= 4 is 15.9 Å². The van der Waals surface area contributed by atoms with Crippen LogP contribution in [0.2, 0.25) is 0 Å². The number of nitrogens with zero attached hydrogens (tertiary/aromatic N) is 1. The molecule has 6 nitrogen and oxygen atoms in total. The minimum Gasteiger partial charge on any atom is -0.340 e. The fourth-order valence-corrected chi connectivity index (χ4v) is 4.53. The lowest BCUT2D eigenvalue weighted by molar-refractivity contribution is 0.0796. The van der Waals surface area contributed by atoms with Crippen LogP contribution in [0.4, 0.5) is 0 Å². The SMILES string of the molecule is CNCCN(C)C(=O)c1ccc(C)c(S(=O)(=O)NC2CCCC2)c1. The number of hydrogen-bond donors (Lipinski definition) is 2. The quantitative estimate of drug-likeness (QED) is 0.779. The number of aryl methyl sites for hydroxylation is 1. The van der Waals surface area contributed by atoms with E-state index in [1.807, 2.05) is 7.05 Å². The summed E-state index contributed by atoms with van der Waals surface area (Å²) >= 11 is 0. The Bertz CT molecular complexity index is 682. The van der Waals surface area contributed by atoms with Gasteiger partial charge in [-0.2, -0.15) is 0 Å². The van der Waals surface area contributed by atoms with Crippen molar-refractivity contribution in [1.82, 2.24) is 14.9 Å². The van der Waals surface area contributed by atoms with Gasteiger partial charge in [0.25, 0.3) is 5.91 Å². The van der Waals surface area contributed by atoms with Crippen LogP contribution in [0.3, 0.4) is 0 Å². The summed E-state index contributed by atoms with van der Waals surface area (Å²) in [6.07, 6.45) is 3.87. The molecule has 0 heterocycles. The molecule has 0 bridgehead atoms. The third-order valence-electron chi connectivity index (χ3n) is 4.45. The van der Waals surface area contributed by atoms with E-state index < -0.39 is 10.0 Å². The first-order valence-corrected chi connectivity index (χ1v) is 9.86. The molecule has 2 N–H and O–H groups in total. The van der Waals surface area contributed by atoms with Gasteiger partial charge in [-0.05, 0) is 44.5 Å². The fourth-order valence-electron chi connectivity index (χ4n) is 2.95. The number of carbonyl (C=O) groups excluding carboxylic acids is 1. The van der Waals surface area contributed by atoms with Gasteiger partial charge < -0.3 is 10.2 Å². The molecular weight excluding hydrogens is 326 g/mol. The molecule has 24 heavy (non-hydrogen) atoms. The second kappa shape index (κ2) is 8.09. The van der Waals surface area contributed by atoms with Gasteiger partial charge in [0.2, 0.25) is 10.0 Å². The van der Waals surface area contributed by atoms with Crippen molar-refractivity contribution in [1.29, 1.82) is 0 Å². The molecule has 0 saturated heterocycles. The summed E-state index contributed by atoms with van der Waals surface area (Å²) in [6, 6.07) is 4.88. The van der Waals surface area contributed by atoms with Gasteiger partial charge in [-0.15, -0.1) is 0 Å². The van der Waals surface area contributed by atoms with E-state index in [2.05, 4.69) is 10.0 Å². The molecule has 1 saturated carbocycles. The van der Waals surface area contributed by atoms with Crippen LogP contribution >= 0.6 is 0 Å². The molecule has 1 aromatic carbocycles. The van der Waals surface area contributed by atoms with Crippen molar-refractivity contribution in [3.8, 4) is 0 Å². The van der Waals surface area contributed by atoms with Gasteiger partial charge in [0.15, 0.2) is 0 Å². The molecule has 1 amide bonds. The fraction of sp³-hybridized carbons (Fsp3) is 0.588. The lowest BCUT2D eigenvalue weighted by Gasteiger charge is -2.19. The Morgan fingerprint density at radius 3 is 2.58 bits per heavy atom. The summed E-state index contributed by atoms with van der Waals surface area (Å²) in [5.41, 5.74) is 1.04. The van der Waals surface area contributed by atoms with Gasteiger partial charge in [-0.25, -0.2) is 13.1 Å². The molecule has 2 rings (SSSR count). The molecule has 1 aliphatic rings. The summed E-state index contributed by atoms with van der Waals surface area (Å²) in [5.74, 6) is -0.178. The first-order valence-electron chi connectivity index (χ1n) is 8.38.